The lowest BCUT2D eigenvalue weighted by molar-refractivity contribution is -0.138. The molecule has 104 valence electrons. The van der Waals surface area contributed by atoms with Gasteiger partial charge in [-0.1, -0.05) is 41.9 Å². The van der Waals surface area contributed by atoms with Crippen molar-refractivity contribution in [3.63, 3.8) is 0 Å². The molecule has 4 nitrogen and oxygen atoms in total. The van der Waals surface area contributed by atoms with Crippen LogP contribution in [0.1, 0.15) is 29.7 Å². The average Bonchev–Trinajstić information content (AvgIpc) is 2.82. The molecular weight excluding hydrogens is 276 g/mol. The van der Waals surface area contributed by atoms with E-state index in [1.165, 1.54) is 5.54 Å². The van der Waals surface area contributed by atoms with Gasteiger partial charge >= 0.3 is 5.97 Å². The van der Waals surface area contributed by atoms with Crippen molar-refractivity contribution in [1.29, 1.82) is 0 Å². The molecule has 2 aromatic rings. The summed E-state index contributed by atoms with van der Waals surface area (Å²) in [4.78, 5) is 11.3. The van der Waals surface area contributed by atoms with Crippen molar-refractivity contribution in [2.75, 3.05) is 0 Å². The van der Waals surface area contributed by atoms with Crippen LogP contribution in [0.15, 0.2) is 42.1 Å². The molecule has 1 unspecified atom stereocenters. The van der Waals surface area contributed by atoms with E-state index in [4.69, 9.17) is 11.6 Å². The van der Waals surface area contributed by atoms with Crippen LogP contribution in [0.4, 0.5) is 0 Å². The number of rotatable bonds is 4. The average molecular weight is 291 g/mol. The zero-order valence-electron chi connectivity index (χ0n) is 11.2. The third-order valence-corrected chi connectivity index (χ3v) is 3.47. The highest BCUT2D eigenvalue weighted by Gasteiger charge is 2.23. The molecule has 0 fully saturated rings. The van der Waals surface area contributed by atoms with E-state index < -0.39 is 11.9 Å². The summed E-state index contributed by atoms with van der Waals surface area (Å²) >= 11 is 5.96. The SMILES string of the molecule is CC(C(=O)O)c1c(/C(=C/Cl)c2ccccc2)cnn1C. The number of hydrogen-bond donors (Lipinski definition) is 1. The van der Waals surface area contributed by atoms with Gasteiger partial charge in [-0.25, -0.2) is 0 Å². The van der Waals surface area contributed by atoms with Crippen molar-refractivity contribution in [1.82, 2.24) is 9.78 Å². The maximum Gasteiger partial charge on any atom is 0.312 e. The van der Waals surface area contributed by atoms with E-state index in [1.54, 1.807) is 24.9 Å². The molecule has 5 heteroatoms. The Bertz CT molecular complexity index is 647. The highest BCUT2D eigenvalue weighted by molar-refractivity contribution is 6.29. The molecule has 1 N–H and O–H groups in total. The summed E-state index contributed by atoms with van der Waals surface area (Å²) in [5.41, 5.74) is 4.53. The predicted octanol–water partition coefficient (Wildman–Crippen LogP) is 3.24. The first-order valence-electron chi connectivity index (χ1n) is 6.17. The van der Waals surface area contributed by atoms with Crippen molar-refractivity contribution in [3.8, 4) is 0 Å². The van der Waals surface area contributed by atoms with Crippen molar-refractivity contribution in [2.45, 2.75) is 12.8 Å². The quantitative estimate of drug-likeness (QED) is 0.940. The van der Waals surface area contributed by atoms with Crippen LogP contribution in [0, 0.1) is 0 Å². The molecular formula is C15H15ClN2O2. The summed E-state index contributed by atoms with van der Waals surface area (Å²) in [6.45, 7) is 1.64. The fraction of sp³-hybridized carbons (Fsp3) is 0.200. The van der Waals surface area contributed by atoms with Gasteiger partial charge in [0.15, 0.2) is 0 Å². The first-order chi connectivity index (χ1) is 9.56. The number of carbonyl (C=O) groups is 1. The van der Waals surface area contributed by atoms with Crippen LogP contribution < -0.4 is 0 Å². The first-order valence-corrected chi connectivity index (χ1v) is 6.60. The minimum atomic E-state index is -0.892. The van der Waals surface area contributed by atoms with Gasteiger partial charge in [-0.3, -0.25) is 9.48 Å². The molecule has 1 aromatic carbocycles. The van der Waals surface area contributed by atoms with E-state index in [9.17, 15) is 9.90 Å². The van der Waals surface area contributed by atoms with Crippen molar-refractivity contribution >= 4 is 23.1 Å². The number of aryl methyl sites for hydroxylation is 1. The molecule has 0 saturated heterocycles. The number of aromatic nitrogens is 2. The minimum Gasteiger partial charge on any atom is -0.481 e. The van der Waals surface area contributed by atoms with E-state index in [2.05, 4.69) is 5.10 Å². The zero-order chi connectivity index (χ0) is 14.7. The lowest BCUT2D eigenvalue weighted by Gasteiger charge is -2.12. The molecule has 20 heavy (non-hydrogen) atoms. The van der Waals surface area contributed by atoms with Crippen LogP contribution in [-0.4, -0.2) is 20.9 Å². The van der Waals surface area contributed by atoms with Gasteiger partial charge in [0, 0.05) is 23.7 Å². The topological polar surface area (TPSA) is 55.1 Å². The summed E-state index contributed by atoms with van der Waals surface area (Å²) in [6, 6.07) is 9.59. The van der Waals surface area contributed by atoms with Gasteiger partial charge in [0.05, 0.1) is 17.8 Å². The Labute approximate surface area is 122 Å². The lowest BCUT2D eigenvalue weighted by atomic mass is 9.95. The van der Waals surface area contributed by atoms with E-state index >= 15 is 0 Å². The molecule has 2 rings (SSSR count). The van der Waals surface area contributed by atoms with Crippen LogP contribution in [0.5, 0.6) is 0 Å². The standard InChI is InChI=1S/C15H15ClN2O2/c1-10(15(19)20)14-13(9-17-18(14)2)12(8-16)11-6-4-3-5-7-11/h3-10H,1-2H3,(H,19,20)/b12-8+. The summed E-state index contributed by atoms with van der Waals surface area (Å²) in [7, 11) is 1.73. The molecule has 1 atom stereocenters. The zero-order valence-corrected chi connectivity index (χ0v) is 12.0. The van der Waals surface area contributed by atoms with Gasteiger partial charge < -0.3 is 5.11 Å². The van der Waals surface area contributed by atoms with Crippen molar-refractivity contribution in [3.05, 3.63) is 58.9 Å². The van der Waals surface area contributed by atoms with E-state index in [0.717, 1.165) is 16.7 Å². The monoisotopic (exact) mass is 290 g/mol. The molecule has 0 bridgehead atoms. The highest BCUT2D eigenvalue weighted by atomic mass is 35.5. The molecule has 0 aliphatic heterocycles. The molecule has 0 amide bonds. The number of nitrogens with zero attached hydrogens (tertiary/aromatic N) is 2. The summed E-state index contributed by atoms with van der Waals surface area (Å²) in [5.74, 6) is -1.55. The molecule has 0 aliphatic rings. The van der Waals surface area contributed by atoms with Gasteiger partial charge in [0.25, 0.3) is 0 Å². The maximum absolute atomic E-state index is 11.3. The molecule has 0 saturated carbocycles. The second-order valence-electron chi connectivity index (χ2n) is 4.52. The van der Waals surface area contributed by atoms with Crippen LogP contribution in [0.2, 0.25) is 0 Å². The highest BCUT2D eigenvalue weighted by Crippen LogP contribution is 2.30. The Morgan fingerprint density at radius 1 is 1.40 bits per heavy atom. The van der Waals surface area contributed by atoms with Gasteiger partial charge in [-0.15, -0.1) is 0 Å². The molecule has 0 spiro atoms. The smallest absolute Gasteiger partial charge is 0.312 e. The third kappa shape index (κ3) is 2.60. The van der Waals surface area contributed by atoms with Gasteiger partial charge in [0.1, 0.15) is 0 Å². The molecule has 0 aliphatic carbocycles. The van der Waals surface area contributed by atoms with Gasteiger partial charge in [0.2, 0.25) is 0 Å². The van der Waals surface area contributed by atoms with Crippen LogP contribution in [0.3, 0.4) is 0 Å². The fourth-order valence-corrected chi connectivity index (χ4v) is 2.42. The lowest BCUT2D eigenvalue weighted by Crippen LogP contribution is -2.13. The Balaban J connectivity index is 2.55. The minimum absolute atomic E-state index is 0.633. The number of halogens is 1. The van der Waals surface area contributed by atoms with Crippen molar-refractivity contribution < 1.29 is 9.90 Å². The number of carboxylic acid groups (broad SMARTS) is 1. The summed E-state index contributed by atoms with van der Waals surface area (Å²) in [5, 5.41) is 13.4. The molecule has 1 heterocycles. The predicted molar refractivity (Wildman–Crippen MR) is 78.6 cm³/mol. The van der Waals surface area contributed by atoms with Gasteiger partial charge in [-0.05, 0) is 12.5 Å². The van der Waals surface area contributed by atoms with Crippen molar-refractivity contribution in [2.24, 2.45) is 7.05 Å². The largest absolute Gasteiger partial charge is 0.481 e. The number of carboxylic acids is 1. The van der Waals surface area contributed by atoms with E-state index in [0.29, 0.717) is 5.69 Å². The summed E-state index contributed by atoms with van der Waals surface area (Å²) in [6.07, 6.45) is 1.65. The van der Waals surface area contributed by atoms with E-state index in [1.807, 2.05) is 30.3 Å². The molecule has 0 radical (unpaired) electrons. The Hall–Kier alpha value is -2.07. The molecule has 1 aromatic heterocycles. The Morgan fingerprint density at radius 3 is 2.60 bits per heavy atom. The maximum atomic E-state index is 11.3. The number of hydrogen-bond acceptors (Lipinski definition) is 2. The normalized spacial score (nSPS) is 13.2. The fourth-order valence-electron chi connectivity index (χ4n) is 2.18. The van der Waals surface area contributed by atoms with E-state index in [-0.39, 0.29) is 0 Å². The van der Waals surface area contributed by atoms with Gasteiger partial charge in [-0.2, -0.15) is 5.10 Å². The summed E-state index contributed by atoms with van der Waals surface area (Å²) < 4.78 is 1.58. The third-order valence-electron chi connectivity index (χ3n) is 3.25. The Morgan fingerprint density at radius 2 is 2.05 bits per heavy atom. The number of aliphatic carboxylic acids is 1. The van der Waals surface area contributed by atoms with Crippen LogP contribution in [-0.2, 0) is 11.8 Å². The van der Waals surface area contributed by atoms with Crippen LogP contribution >= 0.6 is 11.6 Å². The number of benzene rings is 1. The second-order valence-corrected chi connectivity index (χ2v) is 4.73. The first kappa shape index (κ1) is 14.3. The Kier molecular flexibility index (Phi) is 4.25. The van der Waals surface area contributed by atoms with Crippen LogP contribution in [0.25, 0.3) is 5.57 Å². The second kappa shape index (κ2) is 5.92.